The van der Waals surface area contributed by atoms with Crippen LogP contribution < -0.4 is 5.73 Å². The number of phosphoric acid groups is 1. The number of unbranched alkanes of at least 4 members (excludes halogenated alkanes) is 12. The first-order valence-electron chi connectivity index (χ1n) is 34.2. The first-order valence-corrected chi connectivity index (χ1v) is 35.7. The predicted molar refractivity (Wildman–Crippen MR) is 384 cm³/mol. The van der Waals surface area contributed by atoms with E-state index in [2.05, 4.69) is 233 Å². The molecule has 0 amide bonds. The van der Waals surface area contributed by atoms with Gasteiger partial charge in [0.2, 0.25) is 0 Å². The van der Waals surface area contributed by atoms with E-state index in [1.807, 2.05) is 0 Å². The van der Waals surface area contributed by atoms with Crippen LogP contribution in [0.2, 0.25) is 0 Å². The number of carbonyl (C=O) groups is 2. The Balaban J connectivity index is 4.06. The molecule has 0 aromatic carbocycles. The molecule has 89 heavy (non-hydrogen) atoms. The largest absolute Gasteiger partial charge is 0.472 e. The zero-order chi connectivity index (χ0) is 64.4. The molecule has 2 atom stereocenters. The number of rotatable bonds is 61. The summed E-state index contributed by atoms with van der Waals surface area (Å²) in [5, 5.41) is 0. The van der Waals surface area contributed by atoms with Crippen molar-refractivity contribution in [3.05, 3.63) is 219 Å². The minimum atomic E-state index is -4.42. The summed E-state index contributed by atoms with van der Waals surface area (Å²) in [7, 11) is -4.42. The number of ether oxygens (including phenoxy) is 2. The van der Waals surface area contributed by atoms with Gasteiger partial charge in [-0.3, -0.25) is 18.6 Å². The molecule has 9 nitrogen and oxygen atoms in total. The number of hydrogen-bond acceptors (Lipinski definition) is 8. The highest BCUT2D eigenvalue weighted by Crippen LogP contribution is 2.43. The molecule has 0 fully saturated rings. The zero-order valence-electron chi connectivity index (χ0n) is 55.6. The van der Waals surface area contributed by atoms with Gasteiger partial charge in [-0.2, -0.15) is 0 Å². The summed E-state index contributed by atoms with van der Waals surface area (Å²) < 4.78 is 33.1. The number of allylic oxidation sites excluding steroid dienone is 36. The number of esters is 2. The fraction of sp³-hybridized carbons (Fsp3) is 0.519. The quantitative estimate of drug-likeness (QED) is 0.0264. The highest BCUT2D eigenvalue weighted by Gasteiger charge is 2.26. The van der Waals surface area contributed by atoms with E-state index in [4.69, 9.17) is 24.3 Å². The number of hydrogen-bond donors (Lipinski definition) is 2. The molecule has 0 aromatic rings. The van der Waals surface area contributed by atoms with Crippen molar-refractivity contribution in [1.29, 1.82) is 0 Å². The van der Waals surface area contributed by atoms with Gasteiger partial charge in [-0.25, -0.2) is 4.57 Å². The average Bonchev–Trinajstić information content (AvgIpc) is 3.58. The second kappa shape index (κ2) is 71.4. The lowest BCUT2D eigenvalue weighted by Crippen LogP contribution is -2.29. The van der Waals surface area contributed by atoms with Crippen molar-refractivity contribution in [3.63, 3.8) is 0 Å². The lowest BCUT2D eigenvalue weighted by atomic mass is 10.0. The fourth-order valence-electron chi connectivity index (χ4n) is 8.38. The van der Waals surface area contributed by atoms with Crippen LogP contribution in [0.5, 0.6) is 0 Å². The zero-order valence-corrected chi connectivity index (χ0v) is 56.5. The van der Waals surface area contributed by atoms with Crippen LogP contribution in [0.4, 0.5) is 0 Å². The number of phosphoric ester groups is 1. The summed E-state index contributed by atoms with van der Waals surface area (Å²) in [5.74, 6) is -0.901. The van der Waals surface area contributed by atoms with E-state index in [-0.39, 0.29) is 32.6 Å². The molecule has 0 saturated carbocycles. The van der Waals surface area contributed by atoms with Gasteiger partial charge in [-0.05, 0) is 154 Å². The van der Waals surface area contributed by atoms with Crippen molar-refractivity contribution in [2.45, 2.75) is 238 Å². The minimum absolute atomic E-state index is 0.0346. The summed E-state index contributed by atoms with van der Waals surface area (Å²) in [6.07, 6.45) is 112. The van der Waals surface area contributed by atoms with E-state index in [0.717, 1.165) is 154 Å². The van der Waals surface area contributed by atoms with E-state index in [1.165, 1.54) is 38.5 Å². The molecule has 0 aliphatic carbocycles. The van der Waals surface area contributed by atoms with Gasteiger partial charge in [0.25, 0.3) is 0 Å². The molecule has 0 aliphatic heterocycles. The van der Waals surface area contributed by atoms with Gasteiger partial charge in [-0.1, -0.05) is 284 Å². The van der Waals surface area contributed by atoms with Gasteiger partial charge in [0.1, 0.15) is 6.61 Å². The average molecular weight is 1240 g/mol. The molecule has 0 heterocycles. The standard InChI is InChI=1S/C79H122NO8P/c1-3-5-7-9-11-13-15-17-19-21-23-25-27-29-31-32-33-34-35-36-37-38-39-40-41-42-43-44-46-48-50-52-54-56-58-60-62-64-66-68-70-72-79(82)88-77(76-87-89(83,84)86-74-73-80)75-85-78(81)71-69-67-65-63-61-59-57-55-53-51-49-47-45-30-28-26-24-22-20-18-16-14-12-10-8-6-4-2/h5-8,11-14,17-20,23-26,29-31,33-34,36-37,39-40,42-43,45-46,48-49,51,55,57,61,63,77H,3-4,9-10,15-16,21-22,27-28,32,35,38,41,44,47,50,52-54,56,58-60,62,64-76,80H2,1-2H3,(H,83,84)/b7-5-,8-6-,13-11-,14-12-,19-17-,20-18-,25-23-,26-24-,31-29-,34-33-,37-36-,40-39-,43-42-,45-30-,48-46-,51-49-,57-55-,63-61-. The molecule has 0 aliphatic rings. The van der Waals surface area contributed by atoms with Gasteiger partial charge in [-0.15, -0.1) is 0 Å². The monoisotopic (exact) mass is 1240 g/mol. The van der Waals surface area contributed by atoms with Crippen molar-refractivity contribution in [3.8, 4) is 0 Å². The second-order valence-corrected chi connectivity index (χ2v) is 23.0. The fourth-order valence-corrected chi connectivity index (χ4v) is 9.15. The molecule has 2 unspecified atom stereocenters. The summed E-state index contributed by atoms with van der Waals surface area (Å²) in [5.41, 5.74) is 5.39. The molecule has 496 valence electrons. The van der Waals surface area contributed by atoms with Crippen LogP contribution in [0, 0.1) is 0 Å². The number of carbonyl (C=O) groups excluding carboxylic acids is 2. The molecule has 0 bridgehead atoms. The van der Waals surface area contributed by atoms with E-state index in [0.29, 0.717) is 12.8 Å². The van der Waals surface area contributed by atoms with Crippen LogP contribution in [-0.2, 0) is 32.7 Å². The molecular weight excluding hydrogens is 1120 g/mol. The lowest BCUT2D eigenvalue weighted by molar-refractivity contribution is -0.161. The highest BCUT2D eigenvalue weighted by molar-refractivity contribution is 7.47. The van der Waals surface area contributed by atoms with Crippen LogP contribution in [0.25, 0.3) is 0 Å². The lowest BCUT2D eigenvalue weighted by Gasteiger charge is -2.19. The minimum Gasteiger partial charge on any atom is -0.462 e. The molecule has 0 aromatic heterocycles. The van der Waals surface area contributed by atoms with Crippen molar-refractivity contribution in [2.24, 2.45) is 5.73 Å². The van der Waals surface area contributed by atoms with Gasteiger partial charge in [0.15, 0.2) is 6.10 Å². The Bertz CT molecular complexity index is 2260. The normalized spacial score (nSPS) is 14.3. The Hall–Kier alpha value is -5.67. The summed E-state index contributed by atoms with van der Waals surface area (Å²) in [4.78, 5) is 35.3. The van der Waals surface area contributed by atoms with E-state index < -0.39 is 32.5 Å². The van der Waals surface area contributed by atoms with Crippen molar-refractivity contribution in [2.75, 3.05) is 26.4 Å². The Morgan fingerprint density at radius 2 is 0.584 bits per heavy atom. The summed E-state index contributed by atoms with van der Waals surface area (Å²) >= 11 is 0. The first-order chi connectivity index (χ1) is 43.8. The van der Waals surface area contributed by atoms with Crippen LogP contribution >= 0.6 is 7.82 Å². The van der Waals surface area contributed by atoms with Gasteiger partial charge in [0, 0.05) is 19.4 Å². The van der Waals surface area contributed by atoms with Crippen LogP contribution in [0.3, 0.4) is 0 Å². The third kappa shape index (κ3) is 71.3. The Labute approximate surface area is 543 Å². The molecule has 10 heteroatoms. The van der Waals surface area contributed by atoms with Crippen LogP contribution in [-0.4, -0.2) is 49.3 Å². The molecular formula is C79H122NO8P. The molecule has 0 spiro atoms. The Kier molecular flexibility index (Phi) is 66.9. The molecule has 3 N–H and O–H groups in total. The molecule has 0 rings (SSSR count). The second-order valence-electron chi connectivity index (χ2n) is 21.6. The summed E-state index contributed by atoms with van der Waals surface area (Å²) in [6.45, 7) is 3.43. The summed E-state index contributed by atoms with van der Waals surface area (Å²) in [6, 6.07) is 0. The third-order valence-corrected chi connectivity index (χ3v) is 14.3. The SMILES string of the molecule is CC/C=C\C/C=C\C/C=C\C/C=C\C/C=C\C/C=C\C/C=C\C/C=C\C/C=C\C/C=C\CCCCCCCCCCCCC(=O)OC(COC(=O)CCCC/C=C\C/C=C\C/C=C\C/C=C\C/C=C\C/C=C\C/C=C\C/C=C\CC)COP(=O)(O)OCCN. The van der Waals surface area contributed by atoms with Gasteiger partial charge in [0.05, 0.1) is 13.2 Å². The highest BCUT2D eigenvalue weighted by atomic mass is 31.2. The maximum atomic E-state index is 12.8. The van der Waals surface area contributed by atoms with E-state index >= 15 is 0 Å². The predicted octanol–water partition coefficient (Wildman–Crippen LogP) is 22.8. The first kappa shape index (κ1) is 83.3. The van der Waals surface area contributed by atoms with Crippen LogP contribution in [0.15, 0.2) is 219 Å². The van der Waals surface area contributed by atoms with E-state index in [1.54, 1.807) is 0 Å². The van der Waals surface area contributed by atoms with Gasteiger partial charge < -0.3 is 20.1 Å². The maximum absolute atomic E-state index is 12.8. The van der Waals surface area contributed by atoms with Crippen molar-refractivity contribution >= 4 is 19.8 Å². The topological polar surface area (TPSA) is 134 Å². The van der Waals surface area contributed by atoms with Crippen LogP contribution in [0.1, 0.15) is 232 Å². The molecule has 0 radical (unpaired) electrons. The molecule has 0 saturated heterocycles. The van der Waals surface area contributed by atoms with Gasteiger partial charge >= 0.3 is 19.8 Å². The Morgan fingerprint density at radius 3 is 0.888 bits per heavy atom. The van der Waals surface area contributed by atoms with Crippen molar-refractivity contribution in [1.82, 2.24) is 0 Å². The number of nitrogens with two attached hydrogens (primary N) is 1. The smallest absolute Gasteiger partial charge is 0.462 e. The maximum Gasteiger partial charge on any atom is 0.472 e. The van der Waals surface area contributed by atoms with Crippen molar-refractivity contribution < 1.29 is 37.6 Å². The Morgan fingerprint density at radius 1 is 0.337 bits per heavy atom. The third-order valence-electron chi connectivity index (χ3n) is 13.4. The van der Waals surface area contributed by atoms with E-state index in [9.17, 15) is 19.0 Å².